The number of rotatable bonds is 54. The summed E-state index contributed by atoms with van der Waals surface area (Å²) in [6, 6.07) is 0. The monoisotopic (exact) mass is 1030 g/mol. The first-order valence-electron chi connectivity index (χ1n) is 29.9. The van der Waals surface area contributed by atoms with Crippen molar-refractivity contribution in [3.63, 3.8) is 0 Å². The van der Waals surface area contributed by atoms with Crippen molar-refractivity contribution >= 4 is 17.9 Å². The maximum Gasteiger partial charge on any atom is 0.306 e. The molecule has 9 heteroatoms. The van der Waals surface area contributed by atoms with Crippen LogP contribution in [0.15, 0.2) is 97.2 Å². The van der Waals surface area contributed by atoms with Gasteiger partial charge in [-0.2, -0.15) is 0 Å². The van der Waals surface area contributed by atoms with E-state index in [-0.39, 0.29) is 38.6 Å². The minimum Gasteiger partial charge on any atom is -0.545 e. The summed E-state index contributed by atoms with van der Waals surface area (Å²) in [5, 5.41) is 11.8. The molecule has 0 aliphatic rings. The van der Waals surface area contributed by atoms with E-state index in [4.69, 9.17) is 18.9 Å². The Bertz CT molecular complexity index is 1530. The van der Waals surface area contributed by atoms with Gasteiger partial charge in [-0.3, -0.25) is 9.59 Å². The third-order valence-electron chi connectivity index (χ3n) is 12.6. The molecule has 424 valence electrons. The number of aliphatic carboxylic acids is 1. The van der Waals surface area contributed by atoms with E-state index in [1.54, 1.807) is 0 Å². The van der Waals surface area contributed by atoms with Gasteiger partial charge in [0.2, 0.25) is 0 Å². The quantitative estimate of drug-likeness (QED) is 0.0195. The molecule has 0 spiro atoms. The largest absolute Gasteiger partial charge is 0.545 e. The molecule has 0 fully saturated rings. The van der Waals surface area contributed by atoms with Crippen LogP contribution in [-0.2, 0) is 33.3 Å². The van der Waals surface area contributed by atoms with E-state index in [2.05, 4.69) is 111 Å². The number of carboxylic acids is 1. The smallest absolute Gasteiger partial charge is 0.306 e. The third-order valence-corrected chi connectivity index (χ3v) is 12.6. The number of allylic oxidation sites excluding steroid dienone is 16. The van der Waals surface area contributed by atoms with Crippen molar-refractivity contribution in [2.24, 2.45) is 0 Å². The summed E-state index contributed by atoms with van der Waals surface area (Å²) < 4.78 is 22.7. The van der Waals surface area contributed by atoms with Gasteiger partial charge in [0.1, 0.15) is 13.2 Å². The molecule has 0 bridgehead atoms. The van der Waals surface area contributed by atoms with Crippen LogP contribution in [0.25, 0.3) is 0 Å². The Morgan fingerprint density at radius 2 is 0.770 bits per heavy atom. The molecule has 0 radical (unpaired) electrons. The van der Waals surface area contributed by atoms with Gasteiger partial charge in [0, 0.05) is 12.8 Å². The van der Waals surface area contributed by atoms with Gasteiger partial charge >= 0.3 is 11.9 Å². The molecular weight excluding hydrogens is 923 g/mol. The summed E-state index contributed by atoms with van der Waals surface area (Å²) in [5.41, 5.74) is 0. The maximum absolute atomic E-state index is 12.9. The number of ether oxygens (including phenoxy) is 4. The lowest BCUT2D eigenvalue weighted by atomic mass is 10.0. The summed E-state index contributed by atoms with van der Waals surface area (Å²) in [4.78, 5) is 37.3. The molecule has 0 saturated heterocycles. The number of carboxylic acid groups (broad SMARTS) is 1. The van der Waals surface area contributed by atoms with Gasteiger partial charge in [0.15, 0.2) is 12.4 Å². The molecule has 74 heavy (non-hydrogen) atoms. The van der Waals surface area contributed by atoms with E-state index in [1.165, 1.54) is 96.3 Å². The zero-order valence-electron chi connectivity index (χ0n) is 48.2. The Kier molecular flexibility index (Phi) is 52.6. The predicted molar refractivity (Wildman–Crippen MR) is 311 cm³/mol. The van der Waals surface area contributed by atoms with Gasteiger partial charge in [0.05, 0.1) is 40.3 Å². The first-order chi connectivity index (χ1) is 36.1. The molecule has 0 saturated carbocycles. The van der Waals surface area contributed by atoms with Crippen molar-refractivity contribution in [2.75, 3.05) is 47.5 Å². The van der Waals surface area contributed by atoms with Gasteiger partial charge in [-0.25, -0.2) is 0 Å². The fraction of sp³-hybridized carbons (Fsp3) is 0.708. The van der Waals surface area contributed by atoms with Gasteiger partial charge in [0.25, 0.3) is 0 Å². The maximum atomic E-state index is 12.9. The van der Waals surface area contributed by atoms with E-state index >= 15 is 0 Å². The van der Waals surface area contributed by atoms with Crippen molar-refractivity contribution in [1.82, 2.24) is 0 Å². The second-order valence-corrected chi connectivity index (χ2v) is 20.9. The second-order valence-electron chi connectivity index (χ2n) is 20.9. The Morgan fingerprint density at radius 1 is 0.419 bits per heavy atom. The summed E-state index contributed by atoms with van der Waals surface area (Å²) >= 11 is 0. The minimum absolute atomic E-state index is 0.141. The lowest BCUT2D eigenvalue weighted by molar-refractivity contribution is -0.870. The van der Waals surface area contributed by atoms with Crippen LogP contribution in [0, 0.1) is 0 Å². The Labute approximate surface area is 454 Å². The fourth-order valence-electron chi connectivity index (χ4n) is 8.02. The van der Waals surface area contributed by atoms with Gasteiger partial charge in [-0.1, -0.05) is 246 Å². The highest BCUT2D eigenvalue weighted by atomic mass is 16.7. The van der Waals surface area contributed by atoms with Crippen LogP contribution in [-0.4, -0.2) is 82.3 Å². The normalized spacial score (nSPS) is 13.5. The van der Waals surface area contributed by atoms with Gasteiger partial charge in [-0.15, -0.1) is 0 Å². The summed E-state index contributed by atoms with van der Waals surface area (Å²) in [6.07, 6.45) is 71.7. The highest BCUT2D eigenvalue weighted by Gasteiger charge is 2.22. The number of quaternary nitrogens is 1. The molecular formula is C65H111NO8. The lowest BCUT2D eigenvalue weighted by Crippen LogP contribution is -2.44. The first kappa shape index (κ1) is 70.2. The van der Waals surface area contributed by atoms with Crippen LogP contribution in [0.3, 0.4) is 0 Å². The Morgan fingerprint density at radius 3 is 1.15 bits per heavy atom. The van der Waals surface area contributed by atoms with E-state index in [0.29, 0.717) is 17.4 Å². The van der Waals surface area contributed by atoms with Crippen molar-refractivity contribution in [1.29, 1.82) is 0 Å². The highest BCUT2D eigenvalue weighted by molar-refractivity contribution is 5.70. The standard InChI is InChI=1S/C65H111NO8/c1-6-8-10-12-14-16-18-20-22-24-26-27-28-29-30-31-32-33-34-35-36-37-38-40-42-44-46-48-50-52-54-56-63(68)74-61(60-73-65(64(69)70)71-58-57-66(3,4)5)59-72-62(67)55-53-51-49-47-45-43-41-39-25-23-21-19-17-15-13-11-9-7-2/h8,10,14,16,20,22,26-27,29-30,32-33,35-36,38,40,61,65H,6-7,9,11-13,15,17-19,21,23-25,28,31,34,37,39,41-60H2,1-5H3/b10-8-,16-14-,22-20-,27-26-,30-29-,33-32-,36-35-,40-38-. The Balaban J connectivity index is 4.28. The topological polar surface area (TPSA) is 111 Å². The SMILES string of the molecule is CC/C=C\C/C=C\C/C=C\C/C=C\C/C=C\C/C=C\C/C=C\C/C=C\CCCCCCCCC(=O)OC(COC(=O)CCCCCCCCCCCCCCCCCCCC)COC(OCC[N+](C)(C)C)C(=O)[O-]. The second kappa shape index (κ2) is 55.4. The average molecular weight is 1030 g/mol. The third kappa shape index (κ3) is 55.9. The number of esters is 2. The van der Waals surface area contributed by atoms with Crippen molar-refractivity contribution < 1.29 is 42.9 Å². The fourth-order valence-corrected chi connectivity index (χ4v) is 8.02. The predicted octanol–water partition coefficient (Wildman–Crippen LogP) is 16.4. The van der Waals surface area contributed by atoms with Crippen LogP contribution in [0.2, 0.25) is 0 Å². The van der Waals surface area contributed by atoms with E-state index in [0.717, 1.165) is 109 Å². The van der Waals surface area contributed by atoms with Crippen molar-refractivity contribution in [2.45, 2.75) is 251 Å². The van der Waals surface area contributed by atoms with Crippen LogP contribution in [0.5, 0.6) is 0 Å². The minimum atomic E-state index is -1.63. The molecule has 0 aromatic rings. The molecule has 2 atom stereocenters. The molecule has 0 heterocycles. The lowest BCUT2D eigenvalue weighted by Gasteiger charge is -2.26. The van der Waals surface area contributed by atoms with Crippen LogP contribution in [0.1, 0.15) is 239 Å². The summed E-state index contributed by atoms with van der Waals surface area (Å²) in [6.45, 7) is 4.63. The van der Waals surface area contributed by atoms with Crippen LogP contribution >= 0.6 is 0 Å². The van der Waals surface area contributed by atoms with E-state index < -0.39 is 24.3 Å². The molecule has 2 unspecified atom stereocenters. The molecule has 0 amide bonds. The Hall–Kier alpha value is -3.79. The first-order valence-corrected chi connectivity index (χ1v) is 29.9. The number of likely N-dealkylation sites (N-methyl/N-ethyl adjacent to an activating group) is 1. The number of hydrogen-bond acceptors (Lipinski definition) is 8. The molecule has 0 N–H and O–H groups in total. The number of nitrogens with zero attached hydrogens (tertiary/aromatic N) is 1. The van der Waals surface area contributed by atoms with Crippen molar-refractivity contribution in [3.05, 3.63) is 97.2 Å². The average Bonchev–Trinajstić information content (AvgIpc) is 3.37. The molecule has 0 aromatic carbocycles. The van der Waals surface area contributed by atoms with Gasteiger partial charge in [-0.05, 0) is 77.0 Å². The molecule has 0 aromatic heterocycles. The van der Waals surface area contributed by atoms with Crippen LogP contribution < -0.4 is 5.11 Å². The van der Waals surface area contributed by atoms with E-state index in [9.17, 15) is 19.5 Å². The molecule has 0 rings (SSSR count). The zero-order chi connectivity index (χ0) is 54.1. The molecule has 0 aliphatic heterocycles. The molecule has 0 aliphatic carbocycles. The van der Waals surface area contributed by atoms with Crippen molar-refractivity contribution in [3.8, 4) is 0 Å². The number of unbranched alkanes of at least 4 members (excludes halogenated alkanes) is 23. The molecule has 9 nitrogen and oxygen atoms in total. The number of hydrogen-bond donors (Lipinski definition) is 0. The number of carbonyl (C=O) groups excluding carboxylic acids is 3. The summed E-state index contributed by atoms with van der Waals surface area (Å²) in [7, 11) is 5.91. The van der Waals surface area contributed by atoms with Crippen LogP contribution in [0.4, 0.5) is 0 Å². The van der Waals surface area contributed by atoms with E-state index in [1.807, 2.05) is 21.1 Å². The highest BCUT2D eigenvalue weighted by Crippen LogP contribution is 2.16. The number of carbonyl (C=O) groups is 3. The zero-order valence-corrected chi connectivity index (χ0v) is 48.2. The van der Waals surface area contributed by atoms with Gasteiger partial charge < -0.3 is 33.3 Å². The summed E-state index contributed by atoms with van der Waals surface area (Å²) in [5.74, 6) is -2.30.